The minimum atomic E-state index is -5.58. The summed E-state index contributed by atoms with van der Waals surface area (Å²) in [4.78, 5) is 88.8. The fourth-order valence-corrected chi connectivity index (χ4v) is 11.9. The molecule has 3 heterocycles. The van der Waals surface area contributed by atoms with Crippen LogP contribution < -0.4 is 16.4 Å². The first-order valence-electron chi connectivity index (χ1n) is 28.5. The number of aliphatic hydroxyl groups is 2. The van der Waals surface area contributed by atoms with Gasteiger partial charge in [0.2, 0.25) is 11.8 Å². The molecule has 0 saturated carbocycles. The molecule has 83 heavy (non-hydrogen) atoms. The third kappa shape index (κ3) is 31.8. The number of rotatable bonds is 45. The maximum Gasteiger partial charge on any atom is 0.481 e. The molecule has 1 saturated heterocycles. The molecule has 1 aliphatic heterocycles. The number of imidazole rings is 1. The zero-order valence-corrected chi connectivity index (χ0v) is 51.6. The van der Waals surface area contributed by atoms with E-state index >= 15 is 0 Å². The van der Waals surface area contributed by atoms with Crippen molar-refractivity contribution >= 4 is 69.1 Å². The Kier molecular flexibility index (Phi) is 35.7. The van der Waals surface area contributed by atoms with Crippen molar-refractivity contribution in [3.63, 3.8) is 0 Å². The number of hydrogen-bond donors (Lipinski definition) is 9. The molecular formula is C55H90N7O17P3S. The Balaban J connectivity index is 1.15. The second kappa shape index (κ2) is 40.4. The van der Waals surface area contributed by atoms with Crippen LogP contribution in [-0.2, 0) is 50.7 Å². The van der Waals surface area contributed by atoms with Crippen molar-refractivity contribution in [3.8, 4) is 0 Å². The maximum atomic E-state index is 12.8. The number of aliphatic hydroxyl groups excluding tert-OH is 2. The number of nitrogens with two attached hydrogens (primary N) is 1. The number of phosphoric ester groups is 3. The van der Waals surface area contributed by atoms with Crippen LogP contribution in [0.15, 0.2) is 85.6 Å². The number of thioether (sulfide) groups is 1. The van der Waals surface area contributed by atoms with Crippen molar-refractivity contribution in [2.75, 3.05) is 37.8 Å². The van der Waals surface area contributed by atoms with E-state index in [9.17, 15) is 57.9 Å². The molecule has 2 unspecified atom stereocenters. The van der Waals surface area contributed by atoms with Gasteiger partial charge in [-0.1, -0.05) is 170 Å². The smallest absolute Gasteiger partial charge is 0.386 e. The van der Waals surface area contributed by atoms with Gasteiger partial charge in [-0.3, -0.25) is 32.5 Å². The fourth-order valence-electron chi connectivity index (χ4n) is 8.31. The number of nitrogen functional groups attached to an aromatic ring is 1. The van der Waals surface area contributed by atoms with Gasteiger partial charge in [0.1, 0.15) is 36.3 Å². The van der Waals surface area contributed by atoms with Crippen LogP contribution in [-0.4, -0.2) is 123 Å². The third-order valence-corrected chi connectivity index (χ3v) is 16.9. The Hall–Kier alpha value is -4.00. The summed E-state index contributed by atoms with van der Waals surface area (Å²) in [7, 11) is -16.4. The monoisotopic (exact) mass is 1250 g/mol. The summed E-state index contributed by atoms with van der Waals surface area (Å²) < 4.78 is 62.6. The number of carbonyl (C=O) groups is 3. The number of nitrogens with zero attached hydrogens (tertiary/aromatic N) is 4. The van der Waals surface area contributed by atoms with Crippen molar-refractivity contribution in [2.45, 2.75) is 186 Å². The number of unbranched alkanes of at least 4 members (excludes halogenated alkanes) is 12. The van der Waals surface area contributed by atoms with Crippen LogP contribution in [0.1, 0.15) is 162 Å². The van der Waals surface area contributed by atoms with E-state index < -0.39 is 84.6 Å². The number of amides is 2. The standard InChI is InChI=1S/C55H90N7O17P3S/c1-4-5-6-7-8-9-10-11-12-13-14-15-16-17-18-19-20-21-22-23-24-25-26-27-28-29-30-31-32-33-34-35-46(64)83-39-38-57-45(63)36-37-58-53(67)50(66)55(2,3)41-76-82(73,74)79-81(71,72)75-40-44-49(78-80(68,69)70)48(65)54(77-44)62-43-61-47-51(56)59-42-60-52(47)62/h5-6,8-9,11-12,14-15,17-18,20-21,42-44,48-50,54,65-66H,4,7,10,13,16,19,22-41H2,1-3H3,(H,57,63)(H,58,67)(H,71,72)(H,73,74)(H2,56,59,60)(H2,68,69,70)/b6-5-,9-8-,12-11-,15-14-,18-17-,21-20-/t44-,48-,49-,50+,54-/m1/s1. The van der Waals surface area contributed by atoms with E-state index in [1.807, 2.05) is 0 Å². The lowest BCUT2D eigenvalue weighted by atomic mass is 9.87. The first-order valence-corrected chi connectivity index (χ1v) is 34.0. The highest BCUT2D eigenvalue weighted by molar-refractivity contribution is 8.13. The summed E-state index contributed by atoms with van der Waals surface area (Å²) >= 11 is 1.15. The van der Waals surface area contributed by atoms with Gasteiger partial charge in [-0.05, 0) is 57.8 Å². The molecule has 2 aromatic rings. The Morgan fingerprint density at radius 1 is 0.735 bits per heavy atom. The normalized spacial score (nSPS) is 19.1. The second-order valence-electron chi connectivity index (χ2n) is 20.5. The van der Waals surface area contributed by atoms with Crippen LogP contribution in [0.4, 0.5) is 5.82 Å². The number of nitrogens with one attached hydrogen (secondary N) is 2. The summed E-state index contributed by atoms with van der Waals surface area (Å²) in [5.74, 6) is -1.03. The number of aromatic nitrogens is 4. The van der Waals surface area contributed by atoms with Crippen molar-refractivity contribution in [1.29, 1.82) is 0 Å². The molecule has 2 aromatic heterocycles. The predicted octanol–water partition coefficient (Wildman–Crippen LogP) is 9.82. The summed E-state index contributed by atoms with van der Waals surface area (Å²) in [6, 6.07) is 0. The minimum absolute atomic E-state index is 0.0324. The molecule has 2 amide bonds. The molecule has 10 N–H and O–H groups in total. The Bertz CT molecular complexity index is 2580. The minimum Gasteiger partial charge on any atom is -0.386 e. The van der Waals surface area contributed by atoms with E-state index in [0.717, 1.165) is 93.2 Å². The fraction of sp³-hybridized carbons (Fsp3) is 0.636. The number of anilines is 1. The zero-order valence-electron chi connectivity index (χ0n) is 48.1. The topological polar surface area (TPSA) is 364 Å². The summed E-state index contributed by atoms with van der Waals surface area (Å²) in [5, 5.41) is 26.8. The molecule has 0 aromatic carbocycles. The number of carbonyl (C=O) groups excluding carboxylic acids is 3. The van der Waals surface area contributed by atoms with Gasteiger partial charge in [-0.15, -0.1) is 0 Å². The molecule has 0 bridgehead atoms. The van der Waals surface area contributed by atoms with Crippen LogP contribution in [0.3, 0.4) is 0 Å². The quantitative estimate of drug-likeness (QED) is 0.0169. The molecule has 7 atom stereocenters. The number of hydrogen-bond acceptors (Lipinski definition) is 18. The lowest BCUT2D eigenvalue weighted by molar-refractivity contribution is -0.137. The molecule has 468 valence electrons. The average Bonchev–Trinajstić information content (AvgIpc) is 2.22. The van der Waals surface area contributed by atoms with Crippen LogP contribution in [0.2, 0.25) is 0 Å². The van der Waals surface area contributed by atoms with Gasteiger partial charge in [-0.2, -0.15) is 4.31 Å². The Labute approximate surface area is 492 Å². The van der Waals surface area contributed by atoms with E-state index in [1.54, 1.807) is 0 Å². The van der Waals surface area contributed by atoms with Gasteiger partial charge < -0.3 is 50.9 Å². The second-order valence-corrected chi connectivity index (χ2v) is 25.9. The third-order valence-electron chi connectivity index (χ3n) is 12.9. The van der Waals surface area contributed by atoms with Gasteiger partial charge in [0, 0.05) is 37.1 Å². The lowest BCUT2D eigenvalue weighted by Gasteiger charge is -2.30. The van der Waals surface area contributed by atoms with Crippen molar-refractivity contribution < 1.29 is 80.5 Å². The van der Waals surface area contributed by atoms with Gasteiger partial charge in [-0.25, -0.2) is 28.6 Å². The molecule has 24 nitrogen and oxygen atoms in total. The van der Waals surface area contributed by atoms with Crippen molar-refractivity contribution in [1.82, 2.24) is 30.2 Å². The predicted molar refractivity (Wildman–Crippen MR) is 320 cm³/mol. The average molecular weight is 1250 g/mol. The highest BCUT2D eigenvalue weighted by Gasteiger charge is 2.50. The molecule has 1 fully saturated rings. The maximum absolute atomic E-state index is 12.8. The van der Waals surface area contributed by atoms with E-state index in [0.29, 0.717) is 12.2 Å². The van der Waals surface area contributed by atoms with Crippen LogP contribution in [0, 0.1) is 5.41 Å². The van der Waals surface area contributed by atoms with Gasteiger partial charge in [0.05, 0.1) is 19.5 Å². The lowest BCUT2D eigenvalue weighted by Crippen LogP contribution is -2.46. The Morgan fingerprint density at radius 3 is 1.83 bits per heavy atom. The van der Waals surface area contributed by atoms with Crippen LogP contribution >= 0.6 is 35.2 Å². The number of phosphoric acid groups is 3. The molecule has 1 aliphatic rings. The number of allylic oxidation sites excluding steroid dienone is 12. The van der Waals surface area contributed by atoms with Crippen LogP contribution in [0.25, 0.3) is 11.2 Å². The molecule has 3 rings (SSSR count). The van der Waals surface area contributed by atoms with E-state index in [2.05, 4.69) is 114 Å². The van der Waals surface area contributed by atoms with Crippen molar-refractivity contribution in [2.24, 2.45) is 5.41 Å². The van der Waals surface area contributed by atoms with E-state index in [4.69, 9.17) is 19.5 Å². The van der Waals surface area contributed by atoms with Gasteiger partial charge in [0.25, 0.3) is 0 Å². The van der Waals surface area contributed by atoms with Gasteiger partial charge >= 0.3 is 23.5 Å². The largest absolute Gasteiger partial charge is 0.481 e. The SMILES string of the molecule is CC/C=C\C/C=C\C/C=C\C/C=C\C/C=C\C/C=C\CCCCCCCCCCCCCCC(=O)SCCNC(=O)CCNC(=O)[C@H](O)C(C)(C)COP(=O)(O)OP(=O)(O)OC[C@H]1O[C@@H](n2cnc3c(N)ncnc32)[C@H](O)[C@@H]1OP(=O)(O)O. The van der Waals surface area contributed by atoms with Crippen molar-refractivity contribution in [3.05, 3.63) is 85.6 Å². The number of ether oxygens (including phenoxy) is 1. The summed E-state index contributed by atoms with van der Waals surface area (Å²) in [5.41, 5.74) is 4.29. The first-order chi connectivity index (χ1) is 39.6. The highest BCUT2D eigenvalue weighted by Crippen LogP contribution is 2.61. The zero-order chi connectivity index (χ0) is 61.0. The summed E-state index contributed by atoms with van der Waals surface area (Å²) in [6.07, 6.45) is 41.8. The van der Waals surface area contributed by atoms with E-state index in [-0.39, 0.29) is 41.6 Å². The molecule has 0 aliphatic carbocycles. The summed E-state index contributed by atoms with van der Waals surface area (Å²) in [6.45, 7) is 2.71. The Morgan fingerprint density at radius 2 is 1.27 bits per heavy atom. The van der Waals surface area contributed by atoms with E-state index in [1.165, 1.54) is 71.6 Å². The van der Waals surface area contributed by atoms with Gasteiger partial charge in [0.15, 0.2) is 22.8 Å². The number of fused-ring (bicyclic) bond motifs is 1. The molecule has 0 radical (unpaired) electrons. The molecule has 0 spiro atoms. The van der Waals surface area contributed by atoms with Crippen LogP contribution in [0.5, 0.6) is 0 Å². The highest BCUT2D eigenvalue weighted by atomic mass is 32.2. The molecule has 28 heteroatoms. The molecular weight excluding hydrogens is 1160 g/mol. The first kappa shape index (κ1) is 73.3.